The maximum atomic E-state index is 4.69. The molecule has 0 saturated carbocycles. The molecule has 0 fully saturated rings. The van der Waals surface area contributed by atoms with Crippen molar-refractivity contribution in [2.75, 3.05) is 6.61 Å². The van der Waals surface area contributed by atoms with Gasteiger partial charge in [-0.3, -0.25) is 0 Å². The molecule has 1 nitrogen and oxygen atoms in total. The second-order valence-corrected chi connectivity index (χ2v) is 1.92. The molecule has 0 aliphatic carbocycles. The van der Waals surface area contributed by atoms with Crippen LogP contribution in [0.4, 0.5) is 0 Å². The summed E-state index contributed by atoms with van der Waals surface area (Å²) in [6.07, 6.45) is 1.13. The lowest BCUT2D eigenvalue weighted by Gasteiger charge is -1.92. The molecule has 0 spiro atoms. The summed E-state index contributed by atoms with van der Waals surface area (Å²) in [5.74, 6) is 0. The highest BCUT2D eigenvalue weighted by Gasteiger charge is 1.73. The van der Waals surface area contributed by atoms with Crippen LogP contribution in [0.3, 0.4) is 0 Å². The number of hydrogen-bond donors (Lipinski definition) is 0. The Balaban J connectivity index is 2.34. The van der Waals surface area contributed by atoms with Gasteiger partial charge in [-0.15, -0.1) is 5.28 Å². The van der Waals surface area contributed by atoms with Gasteiger partial charge in [0, 0.05) is 6.61 Å². The van der Waals surface area contributed by atoms with Gasteiger partial charge in [-0.2, -0.15) is 0 Å². The maximum absolute atomic E-state index is 4.69. The Kier molecular flexibility index (Phi) is 7.05. The van der Waals surface area contributed by atoms with Crippen LogP contribution in [0.25, 0.3) is 0 Å². The zero-order valence-corrected chi connectivity index (χ0v) is 5.99. The summed E-state index contributed by atoms with van der Waals surface area (Å²) in [5.41, 5.74) is 0. The molecular formula is C3H6Al2O. The summed E-state index contributed by atoms with van der Waals surface area (Å²) in [4.78, 5) is 0. The Morgan fingerprint density at radius 3 is 2.33 bits per heavy atom. The van der Waals surface area contributed by atoms with Crippen molar-refractivity contribution in [2.24, 2.45) is 0 Å². The van der Waals surface area contributed by atoms with Gasteiger partial charge in [0.1, 0.15) is 16.3 Å². The average molecular weight is 112 g/mol. The molecule has 0 unspecified atom stereocenters. The first-order valence-corrected chi connectivity index (χ1v) is 3.22. The molecule has 3 heteroatoms. The molecule has 0 heterocycles. The Morgan fingerprint density at radius 1 is 1.50 bits per heavy atom. The van der Waals surface area contributed by atoms with E-state index in [2.05, 4.69) is 36.7 Å². The van der Waals surface area contributed by atoms with Crippen LogP contribution in [0.2, 0.25) is 5.28 Å². The van der Waals surface area contributed by atoms with Crippen LogP contribution in [0.1, 0.15) is 6.42 Å². The van der Waals surface area contributed by atoms with Crippen LogP contribution in [0.15, 0.2) is 0 Å². The molecule has 0 rings (SSSR count). The summed E-state index contributed by atoms with van der Waals surface area (Å²) in [7, 11) is 0. The lowest BCUT2D eigenvalue weighted by Crippen LogP contribution is -1.86. The van der Waals surface area contributed by atoms with Crippen LogP contribution in [-0.2, 0) is 3.79 Å². The summed E-state index contributed by atoms with van der Waals surface area (Å²) < 4.78 is 4.69. The lowest BCUT2D eigenvalue weighted by molar-refractivity contribution is 0.349. The predicted octanol–water partition coefficient (Wildman–Crippen LogP) is 0.0634. The third-order valence-electron chi connectivity index (χ3n) is 0.466. The zero-order valence-electron chi connectivity index (χ0n) is 3.68. The van der Waals surface area contributed by atoms with E-state index >= 15 is 0 Å². The normalized spacial score (nSPS) is 8.67. The van der Waals surface area contributed by atoms with Crippen molar-refractivity contribution in [3.63, 3.8) is 0 Å². The molecule has 0 aliphatic rings. The molecule has 0 atom stereocenters. The lowest BCUT2D eigenvalue weighted by atomic mass is 10.5. The van der Waals surface area contributed by atoms with E-state index in [-0.39, 0.29) is 0 Å². The van der Waals surface area contributed by atoms with Gasteiger partial charge in [0.15, 0.2) is 0 Å². The smallest absolute Gasteiger partial charge is 0.369 e. The van der Waals surface area contributed by atoms with Crippen LogP contribution in [-0.4, -0.2) is 39.5 Å². The Hall–Kier alpha value is 1.02. The van der Waals surface area contributed by atoms with E-state index in [4.69, 9.17) is 0 Å². The van der Waals surface area contributed by atoms with Crippen LogP contribution < -0.4 is 0 Å². The predicted molar refractivity (Wildman–Crippen MR) is 26.9 cm³/mol. The van der Waals surface area contributed by atoms with E-state index in [1.807, 2.05) is 0 Å². The molecule has 0 aromatic rings. The molecule has 0 aromatic heterocycles. The van der Waals surface area contributed by atoms with E-state index in [0.717, 1.165) is 18.3 Å². The highest BCUT2D eigenvalue weighted by molar-refractivity contribution is 6.08. The van der Waals surface area contributed by atoms with E-state index in [1.165, 1.54) is 0 Å². The Bertz CT molecular complexity index is 20.8. The van der Waals surface area contributed by atoms with Crippen molar-refractivity contribution in [3.05, 3.63) is 0 Å². The van der Waals surface area contributed by atoms with Gasteiger partial charge in [0.25, 0.3) is 0 Å². The molecule has 0 amide bonds. The zero-order chi connectivity index (χ0) is 4.83. The first-order chi connectivity index (χ1) is 2.91. The van der Waals surface area contributed by atoms with Crippen LogP contribution >= 0.6 is 0 Å². The standard InChI is InChI=1S/C3H6O.2Al/c1-2-3-4;;/h1-3H2;;/q-1;;+1. The molecule has 4 radical (unpaired) electrons. The molecular weight excluding hydrogens is 106 g/mol. The Morgan fingerprint density at radius 2 is 2.17 bits per heavy atom. The minimum atomic E-state index is 0.855. The molecule has 0 aliphatic heterocycles. The fourth-order valence-corrected chi connectivity index (χ4v) is 0.500. The first kappa shape index (κ1) is 7.02. The van der Waals surface area contributed by atoms with Crippen molar-refractivity contribution in [2.45, 2.75) is 11.7 Å². The number of rotatable bonds is 3. The van der Waals surface area contributed by atoms with E-state index < -0.39 is 0 Å². The summed E-state index contributed by atoms with van der Waals surface area (Å²) in [6, 6.07) is 0. The molecule has 6 heavy (non-hydrogen) atoms. The second kappa shape index (κ2) is 6.02. The highest BCUT2D eigenvalue weighted by atomic mass is 27.1. The van der Waals surface area contributed by atoms with E-state index in [1.54, 1.807) is 0 Å². The minimum Gasteiger partial charge on any atom is -0.516 e. The molecule has 0 bridgehead atoms. The van der Waals surface area contributed by atoms with Crippen molar-refractivity contribution in [1.82, 2.24) is 0 Å². The fraction of sp³-hybridized carbons (Fsp3) is 1.00. The monoisotopic (exact) mass is 112 g/mol. The van der Waals surface area contributed by atoms with Crippen LogP contribution in [0.5, 0.6) is 0 Å². The van der Waals surface area contributed by atoms with E-state index in [9.17, 15) is 0 Å². The topological polar surface area (TPSA) is 9.23 Å². The third kappa shape index (κ3) is 5.02. The van der Waals surface area contributed by atoms with Crippen molar-refractivity contribution >= 4 is 32.9 Å². The third-order valence-corrected chi connectivity index (χ3v) is 1.11. The summed E-state index contributed by atoms with van der Waals surface area (Å²) in [6.45, 7) is 0.855. The fourth-order valence-electron chi connectivity index (χ4n) is 0.167. The highest BCUT2D eigenvalue weighted by Crippen LogP contribution is 1.80. The van der Waals surface area contributed by atoms with Gasteiger partial charge in [-0.25, -0.2) is 0 Å². The first-order valence-electron chi connectivity index (χ1n) is 1.93. The van der Waals surface area contributed by atoms with Crippen molar-refractivity contribution in [3.8, 4) is 0 Å². The maximum Gasteiger partial charge on any atom is 0.369 e. The Labute approximate surface area is 55.2 Å². The molecule has 0 saturated heterocycles. The summed E-state index contributed by atoms with van der Waals surface area (Å²) in [5, 5.41) is 1.13. The SMILES string of the molecule is [Al][CH2]CC[O][Al]. The van der Waals surface area contributed by atoms with Gasteiger partial charge in [-0.05, 0) is 6.42 Å². The molecule has 0 N–H and O–H groups in total. The quantitative estimate of drug-likeness (QED) is 0.370. The van der Waals surface area contributed by atoms with Crippen molar-refractivity contribution < 1.29 is 3.79 Å². The average Bonchev–Trinajstić information content (AvgIpc) is 1.61. The largest absolute Gasteiger partial charge is 0.516 e. The van der Waals surface area contributed by atoms with Gasteiger partial charge in [0.05, 0.1) is 0 Å². The molecule has 30 valence electrons. The number of hydrogen-bond acceptors (Lipinski definition) is 1. The van der Waals surface area contributed by atoms with Crippen molar-refractivity contribution in [1.29, 1.82) is 0 Å². The van der Waals surface area contributed by atoms with Gasteiger partial charge < -0.3 is 3.79 Å². The van der Waals surface area contributed by atoms with E-state index in [0.29, 0.717) is 0 Å². The van der Waals surface area contributed by atoms with Gasteiger partial charge >= 0.3 is 16.6 Å². The van der Waals surface area contributed by atoms with Gasteiger partial charge in [0.2, 0.25) is 0 Å². The van der Waals surface area contributed by atoms with Gasteiger partial charge in [-0.1, -0.05) is 0 Å². The molecule has 0 aromatic carbocycles. The minimum absolute atomic E-state index is 0.855. The van der Waals surface area contributed by atoms with Crippen LogP contribution in [0, 0.1) is 0 Å². The second-order valence-electron chi connectivity index (χ2n) is 1.01. The summed E-state index contributed by atoms with van der Waals surface area (Å²) >= 11 is 4.86.